The van der Waals surface area contributed by atoms with Crippen molar-refractivity contribution in [2.24, 2.45) is 0 Å². The molecule has 17 heavy (non-hydrogen) atoms. The zero-order valence-electron chi connectivity index (χ0n) is 9.28. The van der Waals surface area contributed by atoms with Gasteiger partial charge in [-0.25, -0.2) is 4.98 Å². The maximum atomic E-state index is 9.61. The standard InChI is InChI=1S/C12H14N2O3/c15-6-10(16)11-5-14-9-4-2-1-3-8(9)13-12(14)7-17-11/h1-4,10-11,15-16H,5-7H2/t10-,11+/m1/s1. The van der Waals surface area contributed by atoms with Crippen LogP contribution in [0.15, 0.2) is 24.3 Å². The third-order valence-electron chi connectivity index (χ3n) is 3.14. The zero-order chi connectivity index (χ0) is 11.8. The number of hydrogen-bond acceptors (Lipinski definition) is 4. The number of nitrogens with zero attached hydrogens (tertiary/aromatic N) is 2. The van der Waals surface area contributed by atoms with Crippen molar-refractivity contribution in [1.29, 1.82) is 0 Å². The van der Waals surface area contributed by atoms with E-state index in [0.717, 1.165) is 16.9 Å². The number of para-hydroxylation sites is 2. The molecule has 0 unspecified atom stereocenters. The third-order valence-corrected chi connectivity index (χ3v) is 3.14. The normalized spacial score (nSPS) is 21.4. The van der Waals surface area contributed by atoms with Crippen LogP contribution in [-0.4, -0.2) is 38.6 Å². The first-order valence-electron chi connectivity index (χ1n) is 5.64. The van der Waals surface area contributed by atoms with Crippen molar-refractivity contribution in [3.8, 4) is 0 Å². The fraction of sp³-hybridized carbons (Fsp3) is 0.417. The molecule has 1 aromatic heterocycles. The summed E-state index contributed by atoms with van der Waals surface area (Å²) < 4.78 is 7.54. The van der Waals surface area contributed by atoms with Gasteiger partial charge in [0.2, 0.25) is 0 Å². The Kier molecular flexibility index (Phi) is 2.58. The number of benzene rings is 1. The Bertz CT molecular complexity index is 538. The average molecular weight is 234 g/mol. The lowest BCUT2D eigenvalue weighted by Crippen LogP contribution is -2.39. The van der Waals surface area contributed by atoms with Crippen LogP contribution < -0.4 is 0 Å². The third kappa shape index (κ3) is 1.72. The highest BCUT2D eigenvalue weighted by Gasteiger charge is 2.27. The molecule has 0 fully saturated rings. The van der Waals surface area contributed by atoms with Crippen molar-refractivity contribution < 1.29 is 14.9 Å². The predicted molar refractivity (Wildman–Crippen MR) is 61.4 cm³/mol. The lowest BCUT2D eigenvalue weighted by atomic mass is 10.2. The van der Waals surface area contributed by atoms with Gasteiger partial charge < -0.3 is 19.5 Å². The van der Waals surface area contributed by atoms with Crippen molar-refractivity contribution in [2.45, 2.75) is 25.4 Å². The van der Waals surface area contributed by atoms with Crippen molar-refractivity contribution in [3.63, 3.8) is 0 Å². The smallest absolute Gasteiger partial charge is 0.136 e. The second kappa shape index (κ2) is 4.10. The molecule has 2 atom stereocenters. The molecule has 5 heteroatoms. The highest BCUT2D eigenvalue weighted by Crippen LogP contribution is 2.22. The number of ether oxygens (including phenoxy) is 1. The summed E-state index contributed by atoms with van der Waals surface area (Å²) in [6.07, 6.45) is -1.21. The molecule has 0 radical (unpaired) electrons. The van der Waals surface area contributed by atoms with Crippen LogP contribution in [0.1, 0.15) is 5.82 Å². The molecule has 0 bridgehead atoms. The van der Waals surface area contributed by atoms with Crippen LogP contribution in [0.25, 0.3) is 11.0 Å². The Hall–Kier alpha value is -1.43. The van der Waals surface area contributed by atoms with E-state index in [-0.39, 0.29) is 12.7 Å². The molecule has 3 rings (SSSR count). The molecule has 0 amide bonds. The summed E-state index contributed by atoms with van der Waals surface area (Å²) in [5.74, 6) is 0.868. The largest absolute Gasteiger partial charge is 0.394 e. The van der Waals surface area contributed by atoms with Crippen LogP contribution in [0.4, 0.5) is 0 Å². The van der Waals surface area contributed by atoms with Gasteiger partial charge in [0, 0.05) is 0 Å². The maximum Gasteiger partial charge on any atom is 0.136 e. The summed E-state index contributed by atoms with van der Waals surface area (Å²) >= 11 is 0. The number of aliphatic hydroxyl groups is 2. The van der Waals surface area contributed by atoms with Crippen molar-refractivity contribution in [1.82, 2.24) is 9.55 Å². The predicted octanol–water partition coefficient (Wildman–Crippen LogP) is 0.288. The molecule has 5 nitrogen and oxygen atoms in total. The molecule has 1 aliphatic rings. The quantitative estimate of drug-likeness (QED) is 0.783. The molecule has 1 aliphatic heterocycles. The van der Waals surface area contributed by atoms with E-state index in [1.165, 1.54) is 0 Å². The van der Waals surface area contributed by atoms with Gasteiger partial charge >= 0.3 is 0 Å². The van der Waals surface area contributed by atoms with Gasteiger partial charge in [0.05, 0.1) is 24.2 Å². The summed E-state index contributed by atoms with van der Waals surface area (Å²) in [6.45, 7) is 0.612. The molecule has 2 N–H and O–H groups in total. The van der Waals surface area contributed by atoms with E-state index < -0.39 is 6.10 Å². The summed E-state index contributed by atoms with van der Waals surface area (Å²) in [4.78, 5) is 4.47. The summed E-state index contributed by atoms with van der Waals surface area (Å²) in [7, 11) is 0. The lowest BCUT2D eigenvalue weighted by Gasteiger charge is -2.27. The Labute approximate surface area is 98.3 Å². The van der Waals surface area contributed by atoms with Gasteiger partial charge in [-0.05, 0) is 12.1 Å². The Balaban J connectivity index is 2.00. The minimum absolute atomic E-state index is 0.285. The first kappa shape index (κ1) is 10.7. The van der Waals surface area contributed by atoms with Gasteiger partial charge in [-0.1, -0.05) is 12.1 Å². The molecule has 1 aromatic carbocycles. The van der Waals surface area contributed by atoms with Crippen LogP contribution in [0, 0.1) is 0 Å². The lowest BCUT2D eigenvalue weighted by molar-refractivity contribution is -0.0864. The summed E-state index contributed by atoms with van der Waals surface area (Å²) in [5.41, 5.74) is 1.98. The van der Waals surface area contributed by atoms with E-state index in [0.29, 0.717) is 13.2 Å². The first-order chi connectivity index (χ1) is 8.29. The van der Waals surface area contributed by atoms with Crippen LogP contribution in [-0.2, 0) is 17.9 Å². The molecule has 90 valence electrons. The topological polar surface area (TPSA) is 67.5 Å². The monoisotopic (exact) mass is 234 g/mol. The van der Waals surface area contributed by atoms with E-state index in [2.05, 4.69) is 4.98 Å². The number of imidazole rings is 1. The van der Waals surface area contributed by atoms with E-state index in [4.69, 9.17) is 9.84 Å². The molecule has 0 aliphatic carbocycles. The minimum atomic E-state index is -0.843. The second-order valence-electron chi connectivity index (χ2n) is 4.23. The van der Waals surface area contributed by atoms with Gasteiger partial charge in [-0.2, -0.15) is 0 Å². The second-order valence-corrected chi connectivity index (χ2v) is 4.23. The Morgan fingerprint density at radius 1 is 1.47 bits per heavy atom. The summed E-state index contributed by atoms with van der Waals surface area (Å²) in [5, 5.41) is 18.6. The molecular weight excluding hydrogens is 220 g/mol. The van der Waals surface area contributed by atoms with E-state index in [9.17, 15) is 5.11 Å². The highest BCUT2D eigenvalue weighted by atomic mass is 16.5. The molecule has 2 heterocycles. The van der Waals surface area contributed by atoms with Gasteiger partial charge in [-0.3, -0.25) is 0 Å². The van der Waals surface area contributed by atoms with E-state index in [1.54, 1.807) is 0 Å². The molecular formula is C12H14N2O3. The van der Waals surface area contributed by atoms with Crippen molar-refractivity contribution in [2.75, 3.05) is 6.61 Å². The Morgan fingerprint density at radius 3 is 3.12 bits per heavy atom. The van der Waals surface area contributed by atoms with Gasteiger partial charge in [0.25, 0.3) is 0 Å². The number of fused-ring (bicyclic) bond motifs is 3. The van der Waals surface area contributed by atoms with Crippen LogP contribution in [0.3, 0.4) is 0 Å². The number of rotatable bonds is 2. The average Bonchev–Trinajstić information content (AvgIpc) is 2.75. The highest BCUT2D eigenvalue weighted by molar-refractivity contribution is 5.75. The fourth-order valence-electron chi connectivity index (χ4n) is 2.20. The van der Waals surface area contributed by atoms with Crippen LogP contribution in [0.2, 0.25) is 0 Å². The Morgan fingerprint density at radius 2 is 2.29 bits per heavy atom. The number of hydrogen-bond donors (Lipinski definition) is 2. The van der Waals surface area contributed by atoms with Crippen LogP contribution in [0.5, 0.6) is 0 Å². The maximum absolute atomic E-state index is 9.61. The van der Waals surface area contributed by atoms with Gasteiger partial charge in [0.15, 0.2) is 0 Å². The minimum Gasteiger partial charge on any atom is -0.394 e. The van der Waals surface area contributed by atoms with Crippen LogP contribution >= 0.6 is 0 Å². The molecule has 2 aromatic rings. The SMILES string of the molecule is OC[C@@H](O)[C@@H]1Cn2c(nc3ccccc32)CO1. The molecule has 0 spiro atoms. The summed E-state index contributed by atoms with van der Waals surface area (Å²) in [6, 6.07) is 7.87. The van der Waals surface area contributed by atoms with Crippen molar-refractivity contribution >= 4 is 11.0 Å². The molecule has 0 saturated carbocycles. The van der Waals surface area contributed by atoms with E-state index >= 15 is 0 Å². The fourth-order valence-corrected chi connectivity index (χ4v) is 2.20. The number of aliphatic hydroxyl groups excluding tert-OH is 2. The van der Waals surface area contributed by atoms with Gasteiger partial charge in [0.1, 0.15) is 24.6 Å². The molecule has 0 saturated heterocycles. The zero-order valence-corrected chi connectivity index (χ0v) is 9.28. The van der Waals surface area contributed by atoms with Crippen molar-refractivity contribution in [3.05, 3.63) is 30.1 Å². The van der Waals surface area contributed by atoms with Gasteiger partial charge in [-0.15, -0.1) is 0 Å². The number of aromatic nitrogens is 2. The van der Waals surface area contributed by atoms with E-state index in [1.807, 2.05) is 28.8 Å². The first-order valence-corrected chi connectivity index (χ1v) is 5.64.